The van der Waals surface area contributed by atoms with Gasteiger partial charge in [0, 0.05) is 12.1 Å². The molecule has 0 saturated carbocycles. The van der Waals surface area contributed by atoms with Crippen LogP contribution in [0.4, 0.5) is 11.5 Å². The van der Waals surface area contributed by atoms with E-state index in [-0.39, 0.29) is 5.69 Å². The highest BCUT2D eigenvalue weighted by Gasteiger charge is 2.14. The van der Waals surface area contributed by atoms with E-state index in [9.17, 15) is 10.1 Å². The fourth-order valence-electron chi connectivity index (χ4n) is 1.93. The first-order chi connectivity index (χ1) is 8.08. The molecule has 0 fully saturated rings. The van der Waals surface area contributed by atoms with E-state index in [0.717, 1.165) is 12.8 Å². The van der Waals surface area contributed by atoms with Gasteiger partial charge in [0.2, 0.25) is 0 Å². The highest BCUT2D eigenvalue weighted by atomic mass is 16.6. The molecule has 0 aromatic carbocycles. The Hall–Kier alpha value is -1.65. The Bertz CT molecular complexity index is 361. The lowest BCUT2D eigenvalue weighted by atomic mass is 9.95. The van der Waals surface area contributed by atoms with Gasteiger partial charge in [0.05, 0.1) is 4.92 Å². The Labute approximate surface area is 101 Å². The Balaban J connectivity index is 2.65. The molecule has 1 aromatic rings. The Morgan fingerprint density at radius 3 is 2.47 bits per heavy atom. The van der Waals surface area contributed by atoms with Crippen molar-refractivity contribution in [3.63, 3.8) is 0 Å². The molecule has 5 nitrogen and oxygen atoms in total. The maximum Gasteiger partial charge on any atom is 0.287 e. The van der Waals surface area contributed by atoms with Crippen molar-refractivity contribution in [1.82, 2.24) is 4.98 Å². The van der Waals surface area contributed by atoms with Gasteiger partial charge in [0.1, 0.15) is 12.0 Å². The predicted molar refractivity (Wildman–Crippen MR) is 68.0 cm³/mol. The third-order valence-electron chi connectivity index (χ3n) is 3.09. The predicted octanol–water partition coefficient (Wildman–Crippen LogP) is 3.23. The van der Waals surface area contributed by atoms with Gasteiger partial charge in [-0.05, 0) is 18.9 Å². The summed E-state index contributed by atoms with van der Waals surface area (Å²) in [5.74, 6) is 1.28. The Morgan fingerprint density at radius 1 is 1.41 bits per heavy atom. The molecule has 5 heteroatoms. The highest BCUT2D eigenvalue weighted by Crippen LogP contribution is 2.18. The van der Waals surface area contributed by atoms with Crippen LogP contribution in [0.5, 0.6) is 0 Å². The molecular formula is C12H19N3O2. The van der Waals surface area contributed by atoms with E-state index in [1.54, 1.807) is 6.07 Å². The van der Waals surface area contributed by atoms with Crippen molar-refractivity contribution in [2.45, 2.75) is 39.7 Å². The zero-order valence-electron chi connectivity index (χ0n) is 10.5. The zero-order chi connectivity index (χ0) is 12.8. The number of pyridine rings is 1. The van der Waals surface area contributed by atoms with E-state index < -0.39 is 4.92 Å². The van der Waals surface area contributed by atoms with Crippen LogP contribution in [-0.4, -0.2) is 15.9 Å². The van der Waals surface area contributed by atoms with Gasteiger partial charge in [-0.1, -0.05) is 26.7 Å². The molecule has 1 atom stereocenters. The van der Waals surface area contributed by atoms with Crippen molar-refractivity contribution in [3.05, 3.63) is 28.4 Å². The number of hydrogen-bond acceptors (Lipinski definition) is 4. The molecule has 0 saturated heterocycles. The molecule has 0 aliphatic carbocycles. The lowest BCUT2D eigenvalue weighted by Gasteiger charge is -2.22. The average molecular weight is 237 g/mol. The topological polar surface area (TPSA) is 68.1 Å². The van der Waals surface area contributed by atoms with Crippen LogP contribution in [0.25, 0.3) is 0 Å². The Kier molecular flexibility index (Phi) is 4.87. The summed E-state index contributed by atoms with van der Waals surface area (Å²) in [4.78, 5) is 14.1. The smallest absolute Gasteiger partial charge is 0.287 e. The van der Waals surface area contributed by atoms with Crippen molar-refractivity contribution in [2.24, 2.45) is 5.92 Å². The molecule has 0 aliphatic heterocycles. The van der Waals surface area contributed by atoms with E-state index >= 15 is 0 Å². The standard InChI is InChI=1S/C12H19N3O2/c1-4-10(5-2)9(3)14-12-7-6-11(8-13-12)15(16)17/h6-10H,4-5H2,1-3H3,(H,13,14). The van der Waals surface area contributed by atoms with Crippen LogP contribution < -0.4 is 5.32 Å². The van der Waals surface area contributed by atoms with E-state index in [0.29, 0.717) is 17.8 Å². The molecule has 1 N–H and O–H groups in total. The van der Waals surface area contributed by atoms with Crippen LogP contribution in [0.15, 0.2) is 18.3 Å². The minimum Gasteiger partial charge on any atom is -0.367 e. The number of nitrogens with one attached hydrogen (secondary N) is 1. The second kappa shape index (κ2) is 6.18. The van der Waals surface area contributed by atoms with Crippen LogP contribution in [0.1, 0.15) is 33.6 Å². The Morgan fingerprint density at radius 2 is 2.06 bits per heavy atom. The first-order valence-electron chi connectivity index (χ1n) is 5.95. The zero-order valence-corrected chi connectivity index (χ0v) is 10.5. The fourth-order valence-corrected chi connectivity index (χ4v) is 1.93. The van der Waals surface area contributed by atoms with Gasteiger partial charge in [0.15, 0.2) is 0 Å². The van der Waals surface area contributed by atoms with Crippen molar-refractivity contribution in [1.29, 1.82) is 0 Å². The molecule has 0 amide bonds. The normalized spacial score (nSPS) is 12.5. The quantitative estimate of drug-likeness (QED) is 0.609. The van der Waals surface area contributed by atoms with Crippen LogP contribution in [0.2, 0.25) is 0 Å². The largest absolute Gasteiger partial charge is 0.367 e. The molecule has 1 heterocycles. The molecule has 0 bridgehead atoms. The summed E-state index contributed by atoms with van der Waals surface area (Å²) in [5.41, 5.74) is 0.0192. The summed E-state index contributed by atoms with van der Waals surface area (Å²) in [6, 6.07) is 3.44. The summed E-state index contributed by atoms with van der Waals surface area (Å²) >= 11 is 0. The van der Waals surface area contributed by atoms with E-state index in [1.165, 1.54) is 12.3 Å². The van der Waals surface area contributed by atoms with Gasteiger partial charge in [0.25, 0.3) is 5.69 Å². The van der Waals surface area contributed by atoms with E-state index in [2.05, 4.69) is 31.1 Å². The van der Waals surface area contributed by atoms with Crippen molar-refractivity contribution >= 4 is 11.5 Å². The minimum atomic E-state index is -0.443. The summed E-state index contributed by atoms with van der Waals surface area (Å²) < 4.78 is 0. The van der Waals surface area contributed by atoms with Gasteiger partial charge < -0.3 is 5.32 Å². The van der Waals surface area contributed by atoms with E-state index in [1.807, 2.05) is 0 Å². The number of hydrogen-bond donors (Lipinski definition) is 1. The average Bonchev–Trinajstić information content (AvgIpc) is 2.31. The molecule has 1 rings (SSSR count). The maximum atomic E-state index is 10.5. The minimum absolute atomic E-state index is 0.0192. The van der Waals surface area contributed by atoms with Gasteiger partial charge in [-0.15, -0.1) is 0 Å². The van der Waals surface area contributed by atoms with E-state index in [4.69, 9.17) is 0 Å². The summed E-state index contributed by atoms with van der Waals surface area (Å²) in [6.45, 7) is 6.44. The molecule has 1 aromatic heterocycles. The second-order valence-corrected chi connectivity index (χ2v) is 4.17. The van der Waals surface area contributed by atoms with Crippen LogP contribution in [0.3, 0.4) is 0 Å². The van der Waals surface area contributed by atoms with Gasteiger partial charge in [-0.2, -0.15) is 0 Å². The highest BCUT2D eigenvalue weighted by molar-refractivity contribution is 5.40. The third kappa shape index (κ3) is 3.69. The molecular weight excluding hydrogens is 218 g/mol. The van der Waals surface area contributed by atoms with Gasteiger partial charge >= 0.3 is 0 Å². The molecule has 94 valence electrons. The van der Waals surface area contributed by atoms with Crippen LogP contribution in [-0.2, 0) is 0 Å². The van der Waals surface area contributed by atoms with Gasteiger partial charge in [-0.25, -0.2) is 4.98 Å². The number of rotatable bonds is 6. The molecule has 0 spiro atoms. The van der Waals surface area contributed by atoms with Crippen molar-refractivity contribution in [3.8, 4) is 0 Å². The summed E-state index contributed by atoms with van der Waals surface area (Å²) in [6.07, 6.45) is 3.50. The van der Waals surface area contributed by atoms with Crippen LogP contribution in [0, 0.1) is 16.0 Å². The van der Waals surface area contributed by atoms with Crippen LogP contribution >= 0.6 is 0 Å². The molecule has 0 radical (unpaired) electrons. The van der Waals surface area contributed by atoms with Crippen molar-refractivity contribution in [2.75, 3.05) is 5.32 Å². The number of nitro groups is 1. The van der Waals surface area contributed by atoms with Crippen molar-refractivity contribution < 1.29 is 4.92 Å². The first-order valence-corrected chi connectivity index (χ1v) is 5.95. The lowest BCUT2D eigenvalue weighted by Crippen LogP contribution is -2.25. The monoisotopic (exact) mass is 237 g/mol. The SMILES string of the molecule is CCC(CC)C(C)Nc1ccc([N+](=O)[O-])cn1. The summed E-state index contributed by atoms with van der Waals surface area (Å²) in [5, 5.41) is 13.8. The molecule has 0 aliphatic rings. The number of nitrogens with zero attached hydrogens (tertiary/aromatic N) is 2. The number of anilines is 1. The molecule has 17 heavy (non-hydrogen) atoms. The summed E-state index contributed by atoms with van der Waals surface area (Å²) in [7, 11) is 0. The number of aromatic nitrogens is 1. The first kappa shape index (κ1) is 13.4. The fraction of sp³-hybridized carbons (Fsp3) is 0.583. The third-order valence-corrected chi connectivity index (χ3v) is 3.09. The van der Waals surface area contributed by atoms with Gasteiger partial charge in [-0.3, -0.25) is 10.1 Å². The lowest BCUT2D eigenvalue weighted by molar-refractivity contribution is -0.385. The molecule has 1 unspecified atom stereocenters. The second-order valence-electron chi connectivity index (χ2n) is 4.17. The maximum absolute atomic E-state index is 10.5.